The van der Waals surface area contributed by atoms with Gasteiger partial charge in [-0.15, -0.1) is 0 Å². The molecule has 2 fully saturated rings. The monoisotopic (exact) mass is 346 g/mol. The molecule has 0 saturated carbocycles. The zero-order valence-electron chi connectivity index (χ0n) is 15.6. The number of nitrogens with zero attached hydrogens (tertiary/aromatic N) is 1. The molecule has 0 spiro atoms. The molecule has 0 atom stereocenters. The van der Waals surface area contributed by atoms with E-state index in [1.807, 2.05) is 0 Å². The molecule has 138 valence electrons. The molecule has 5 heteroatoms. The van der Waals surface area contributed by atoms with Crippen molar-refractivity contribution in [2.75, 3.05) is 37.7 Å². The van der Waals surface area contributed by atoms with Crippen molar-refractivity contribution in [3.8, 4) is 0 Å². The Labute approximate surface area is 150 Å². The molecule has 0 unspecified atom stereocenters. The summed E-state index contributed by atoms with van der Waals surface area (Å²) >= 11 is 0. The highest BCUT2D eigenvalue weighted by molar-refractivity contribution is 5.72. The van der Waals surface area contributed by atoms with E-state index in [9.17, 15) is 4.79 Å². The summed E-state index contributed by atoms with van der Waals surface area (Å²) in [5, 5.41) is 2.86. The largest absolute Gasteiger partial charge is 0.372 e. The van der Waals surface area contributed by atoms with Crippen molar-refractivity contribution in [3.05, 3.63) is 29.8 Å². The third-order valence-electron chi connectivity index (χ3n) is 4.99. The third-order valence-corrected chi connectivity index (χ3v) is 4.99. The Morgan fingerprint density at radius 3 is 2.24 bits per heavy atom. The average Bonchev–Trinajstić information content (AvgIpc) is 2.62. The van der Waals surface area contributed by atoms with Gasteiger partial charge < -0.3 is 19.7 Å². The first-order chi connectivity index (χ1) is 11.9. The van der Waals surface area contributed by atoms with Gasteiger partial charge in [0.15, 0.2) is 0 Å². The van der Waals surface area contributed by atoms with Crippen LogP contribution >= 0.6 is 0 Å². The van der Waals surface area contributed by atoms with E-state index >= 15 is 0 Å². The zero-order chi connectivity index (χ0) is 17.9. The van der Waals surface area contributed by atoms with Crippen molar-refractivity contribution in [1.82, 2.24) is 5.32 Å². The van der Waals surface area contributed by atoms with E-state index in [0.717, 1.165) is 18.7 Å². The van der Waals surface area contributed by atoms with Gasteiger partial charge >= 0.3 is 0 Å². The Morgan fingerprint density at radius 1 is 1.08 bits per heavy atom. The first-order valence-electron chi connectivity index (χ1n) is 9.28. The maximum absolute atomic E-state index is 11.4. The van der Waals surface area contributed by atoms with E-state index in [1.54, 1.807) is 0 Å². The molecule has 0 aliphatic carbocycles. The molecular weight excluding hydrogens is 316 g/mol. The summed E-state index contributed by atoms with van der Waals surface area (Å²) in [6.45, 7) is 9.51. The second-order valence-electron chi connectivity index (χ2n) is 8.00. The number of hydrogen-bond acceptors (Lipinski definition) is 4. The molecule has 1 aromatic carbocycles. The Bertz CT molecular complexity index is 581. The molecule has 0 radical (unpaired) electrons. The topological polar surface area (TPSA) is 50.8 Å². The second kappa shape index (κ2) is 7.34. The molecule has 1 amide bonds. The molecule has 25 heavy (non-hydrogen) atoms. The number of anilines is 1. The Morgan fingerprint density at radius 2 is 1.68 bits per heavy atom. The zero-order valence-corrected chi connectivity index (χ0v) is 15.6. The number of piperidine rings is 1. The van der Waals surface area contributed by atoms with E-state index in [0.29, 0.717) is 19.8 Å². The van der Waals surface area contributed by atoms with Crippen LogP contribution in [0.2, 0.25) is 0 Å². The second-order valence-corrected chi connectivity index (χ2v) is 8.00. The first kappa shape index (κ1) is 18.2. The van der Waals surface area contributed by atoms with E-state index in [2.05, 4.69) is 48.3 Å². The lowest BCUT2D eigenvalue weighted by Gasteiger charge is -2.43. The van der Waals surface area contributed by atoms with Crippen LogP contribution in [-0.4, -0.2) is 38.8 Å². The molecule has 2 heterocycles. The normalized spacial score (nSPS) is 22.4. The number of nitrogens with one attached hydrogen (secondary N) is 1. The van der Waals surface area contributed by atoms with Gasteiger partial charge in [-0.1, -0.05) is 26.0 Å². The van der Waals surface area contributed by atoms with Crippen molar-refractivity contribution in [1.29, 1.82) is 0 Å². The number of hydrogen-bond donors (Lipinski definition) is 1. The smallest absolute Gasteiger partial charge is 0.217 e. The van der Waals surface area contributed by atoms with Gasteiger partial charge in [0, 0.05) is 36.7 Å². The highest BCUT2D eigenvalue weighted by Gasteiger charge is 2.42. The lowest BCUT2D eigenvalue weighted by Crippen LogP contribution is -2.51. The number of ether oxygens (including phenoxy) is 2. The van der Waals surface area contributed by atoms with Gasteiger partial charge in [-0.3, -0.25) is 4.79 Å². The molecule has 1 aromatic rings. The fourth-order valence-corrected chi connectivity index (χ4v) is 3.40. The molecular formula is C20H30N2O3. The van der Waals surface area contributed by atoms with Crippen LogP contribution in [0.4, 0.5) is 5.69 Å². The van der Waals surface area contributed by atoms with E-state index < -0.39 is 5.79 Å². The predicted molar refractivity (Wildman–Crippen MR) is 98.6 cm³/mol. The minimum atomic E-state index is -0.901. The highest BCUT2D eigenvalue weighted by atomic mass is 16.7. The summed E-state index contributed by atoms with van der Waals surface area (Å²) in [4.78, 5) is 13.8. The summed E-state index contributed by atoms with van der Waals surface area (Å²) in [5.74, 6) is -0.983. The van der Waals surface area contributed by atoms with Crippen molar-refractivity contribution < 1.29 is 14.3 Å². The van der Waals surface area contributed by atoms with Crippen LogP contribution in [0.15, 0.2) is 24.3 Å². The maximum Gasteiger partial charge on any atom is 0.217 e. The summed E-state index contributed by atoms with van der Waals surface area (Å²) in [6, 6.07) is 8.43. The van der Waals surface area contributed by atoms with E-state index in [4.69, 9.17) is 9.47 Å². The fourth-order valence-electron chi connectivity index (χ4n) is 3.40. The van der Waals surface area contributed by atoms with Crippen LogP contribution in [0.1, 0.15) is 45.6 Å². The number of carbonyl (C=O) groups excluding carboxylic acids is 1. The molecule has 5 nitrogen and oxygen atoms in total. The molecule has 2 aliphatic heterocycles. The standard InChI is InChI=1S/C20H30N2O3/c1-16(23)21-13-20(24-14-19(2,3)15-25-20)17-7-9-18(10-8-17)22-11-5-4-6-12-22/h7-10H,4-6,11-15H2,1-3H3,(H,21,23). The quantitative estimate of drug-likeness (QED) is 0.910. The van der Waals surface area contributed by atoms with Crippen LogP contribution in [0.25, 0.3) is 0 Å². The number of rotatable bonds is 4. The van der Waals surface area contributed by atoms with Gasteiger partial charge in [-0.2, -0.15) is 0 Å². The van der Waals surface area contributed by atoms with E-state index in [-0.39, 0.29) is 11.3 Å². The summed E-state index contributed by atoms with van der Waals surface area (Å²) in [6.07, 6.45) is 3.84. The van der Waals surface area contributed by atoms with E-state index in [1.165, 1.54) is 31.9 Å². The van der Waals surface area contributed by atoms with Gasteiger partial charge in [0.25, 0.3) is 0 Å². The van der Waals surface area contributed by atoms with Crippen LogP contribution in [-0.2, 0) is 20.1 Å². The molecule has 1 N–H and O–H groups in total. The summed E-state index contributed by atoms with van der Waals surface area (Å²) in [5.41, 5.74) is 2.18. The van der Waals surface area contributed by atoms with Crippen molar-refractivity contribution in [3.63, 3.8) is 0 Å². The average molecular weight is 346 g/mol. The van der Waals surface area contributed by atoms with Crippen molar-refractivity contribution in [2.24, 2.45) is 5.41 Å². The Hall–Kier alpha value is -1.59. The van der Waals surface area contributed by atoms with Gasteiger partial charge in [0.1, 0.15) is 0 Å². The summed E-state index contributed by atoms with van der Waals surface area (Å²) < 4.78 is 12.3. The van der Waals surface area contributed by atoms with Crippen LogP contribution in [0, 0.1) is 5.41 Å². The Kier molecular flexibility index (Phi) is 5.35. The predicted octanol–water partition coefficient (Wildman–Crippen LogP) is 3.04. The molecule has 0 bridgehead atoms. The van der Waals surface area contributed by atoms with Gasteiger partial charge in [-0.25, -0.2) is 0 Å². The number of carbonyl (C=O) groups is 1. The van der Waals surface area contributed by atoms with Gasteiger partial charge in [-0.05, 0) is 31.4 Å². The minimum absolute atomic E-state index is 0.0204. The van der Waals surface area contributed by atoms with Crippen LogP contribution in [0.3, 0.4) is 0 Å². The number of amides is 1. The molecule has 2 saturated heterocycles. The lowest BCUT2D eigenvalue weighted by atomic mass is 9.93. The maximum atomic E-state index is 11.4. The summed E-state index contributed by atoms with van der Waals surface area (Å²) in [7, 11) is 0. The highest BCUT2D eigenvalue weighted by Crippen LogP contribution is 2.37. The third kappa shape index (κ3) is 4.33. The number of benzene rings is 1. The van der Waals surface area contributed by atoms with Crippen molar-refractivity contribution >= 4 is 11.6 Å². The lowest BCUT2D eigenvalue weighted by molar-refractivity contribution is -0.304. The first-order valence-corrected chi connectivity index (χ1v) is 9.28. The minimum Gasteiger partial charge on any atom is -0.372 e. The van der Waals surface area contributed by atoms with Crippen LogP contribution < -0.4 is 10.2 Å². The van der Waals surface area contributed by atoms with Crippen LogP contribution in [0.5, 0.6) is 0 Å². The molecule has 3 rings (SSSR count). The molecule has 2 aliphatic rings. The van der Waals surface area contributed by atoms with Gasteiger partial charge in [0.2, 0.25) is 11.7 Å². The fraction of sp³-hybridized carbons (Fsp3) is 0.650. The Balaban J connectivity index is 1.79. The van der Waals surface area contributed by atoms with Crippen molar-refractivity contribution in [2.45, 2.75) is 45.8 Å². The molecule has 0 aromatic heterocycles. The SMILES string of the molecule is CC(=O)NCC1(c2ccc(N3CCCCC3)cc2)OCC(C)(C)CO1. The van der Waals surface area contributed by atoms with Gasteiger partial charge in [0.05, 0.1) is 19.8 Å².